The molecule has 1 saturated heterocycles. The van der Waals surface area contributed by atoms with Crippen molar-refractivity contribution in [2.75, 3.05) is 30.9 Å². The van der Waals surface area contributed by atoms with Crippen LogP contribution in [-0.2, 0) is 4.74 Å². The molecule has 1 unspecified atom stereocenters. The van der Waals surface area contributed by atoms with Gasteiger partial charge in [0.15, 0.2) is 0 Å². The fraction of sp³-hybridized carbons (Fsp3) is 0.455. The van der Waals surface area contributed by atoms with Gasteiger partial charge in [0.25, 0.3) is 0 Å². The van der Waals surface area contributed by atoms with Gasteiger partial charge in [-0.15, -0.1) is 0 Å². The van der Waals surface area contributed by atoms with E-state index < -0.39 is 0 Å². The predicted molar refractivity (Wildman–Crippen MR) is 61.0 cm³/mol. The first kappa shape index (κ1) is 10.7. The van der Waals surface area contributed by atoms with E-state index in [0.29, 0.717) is 29.7 Å². The topological polar surface area (TPSA) is 75.2 Å². The van der Waals surface area contributed by atoms with Crippen LogP contribution in [0.25, 0.3) is 0 Å². The van der Waals surface area contributed by atoms with Crippen LogP contribution in [0.5, 0.6) is 0 Å². The summed E-state index contributed by atoms with van der Waals surface area (Å²) in [5.74, 6) is 0.673. The molecule has 0 spiro atoms. The number of ether oxygens (including phenoxy) is 1. The normalized spacial score (nSPS) is 19.4. The van der Waals surface area contributed by atoms with Gasteiger partial charge in [-0.05, 0) is 12.5 Å². The highest BCUT2D eigenvalue weighted by atomic mass is 16.5. The summed E-state index contributed by atoms with van der Waals surface area (Å²) in [4.78, 5) is 6.21. The van der Waals surface area contributed by atoms with Crippen LogP contribution < -0.4 is 10.6 Å². The third-order valence-corrected chi connectivity index (χ3v) is 2.80. The summed E-state index contributed by atoms with van der Waals surface area (Å²) in [6.45, 7) is 1.46. The Morgan fingerprint density at radius 2 is 2.50 bits per heavy atom. The maximum absolute atomic E-state index is 9.03. The molecular weight excluding hydrogens is 204 g/mol. The zero-order chi connectivity index (χ0) is 11.5. The summed E-state index contributed by atoms with van der Waals surface area (Å²) in [7, 11) is 1.93. The van der Waals surface area contributed by atoms with Gasteiger partial charge >= 0.3 is 0 Å². The molecule has 0 saturated carbocycles. The van der Waals surface area contributed by atoms with E-state index >= 15 is 0 Å². The summed E-state index contributed by atoms with van der Waals surface area (Å²) >= 11 is 0. The fourth-order valence-electron chi connectivity index (χ4n) is 1.84. The SMILES string of the molecule is CN(c1ncc(N)cc1C#N)C1CCOC1. The summed E-state index contributed by atoms with van der Waals surface area (Å²) in [6.07, 6.45) is 2.54. The number of nitrogens with two attached hydrogens (primary N) is 1. The van der Waals surface area contributed by atoms with E-state index in [2.05, 4.69) is 11.1 Å². The lowest BCUT2D eigenvalue weighted by molar-refractivity contribution is 0.193. The Kier molecular flexibility index (Phi) is 2.93. The van der Waals surface area contributed by atoms with E-state index in [-0.39, 0.29) is 0 Å². The number of likely N-dealkylation sites (N-methyl/N-ethyl adjacent to an activating group) is 1. The average Bonchev–Trinajstić information content (AvgIpc) is 2.81. The number of nitrogen functional groups attached to an aromatic ring is 1. The minimum absolute atomic E-state index is 0.295. The molecule has 1 fully saturated rings. The second-order valence-electron chi connectivity index (χ2n) is 3.88. The van der Waals surface area contributed by atoms with Crippen molar-refractivity contribution in [3.05, 3.63) is 17.8 Å². The number of hydrogen-bond acceptors (Lipinski definition) is 5. The predicted octanol–water partition coefficient (Wildman–Crippen LogP) is 0.761. The number of nitrogens with zero attached hydrogens (tertiary/aromatic N) is 3. The molecule has 2 N–H and O–H groups in total. The van der Waals surface area contributed by atoms with Crippen LogP contribution >= 0.6 is 0 Å². The van der Waals surface area contributed by atoms with Crippen LogP contribution in [0, 0.1) is 11.3 Å². The first-order valence-corrected chi connectivity index (χ1v) is 5.18. The number of rotatable bonds is 2. The van der Waals surface area contributed by atoms with Gasteiger partial charge in [-0.25, -0.2) is 4.98 Å². The lowest BCUT2D eigenvalue weighted by Crippen LogP contribution is -2.33. The molecule has 0 amide bonds. The molecule has 0 radical (unpaired) electrons. The van der Waals surface area contributed by atoms with E-state index in [9.17, 15) is 0 Å². The molecule has 0 aliphatic carbocycles. The molecule has 84 valence electrons. The van der Waals surface area contributed by atoms with Gasteiger partial charge in [0, 0.05) is 13.7 Å². The first-order valence-electron chi connectivity index (χ1n) is 5.18. The number of aromatic nitrogens is 1. The molecule has 1 aliphatic heterocycles. The van der Waals surface area contributed by atoms with Crippen molar-refractivity contribution in [2.45, 2.75) is 12.5 Å². The van der Waals surface area contributed by atoms with Crippen LogP contribution in [0.2, 0.25) is 0 Å². The highest BCUT2D eigenvalue weighted by Gasteiger charge is 2.23. The Morgan fingerprint density at radius 3 is 3.12 bits per heavy atom. The standard InChI is InChI=1S/C11H14N4O/c1-15(10-2-3-16-7-10)11-8(5-12)4-9(13)6-14-11/h4,6,10H,2-3,7,13H2,1H3. The van der Waals surface area contributed by atoms with Crippen LogP contribution in [0.1, 0.15) is 12.0 Å². The Bertz CT molecular complexity index is 420. The van der Waals surface area contributed by atoms with E-state index in [1.54, 1.807) is 12.3 Å². The fourth-order valence-corrected chi connectivity index (χ4v) is 1.84. The molecule has 5 nitrogen and oxygen atoms in total. The van der Waals surface area contributed by atoms with Crippen LogP contribution in [0.15, 0.2) is 12.3 Å². The molecule has 1 aromatic heterocycles. The van der Waals surface area contributed by atoms with E-state index in [1.807, 2.05) is 11.9 Å². The van der Waals surface area contributed by atoms with Gasteiger partial charge in [-0.3, -0.25) is 0 Å². The molecule has 2 rings (SSSR count). The van der Waals surface area contributed by atoms with Gasteiger partial charge in [0.2, 0.25) is 0 Å². The van der Waals surface area contributed by atoms with E-state index in [4.69, 9.17) is 15.7 Å². The van der Waals surface area contributed by atoms with E-state index in [1.165, 1.54) is 0 Å². The molecule has 2 heterocycles. The van der Waals surface area contributed by atoms with Crippen molar-refractivity contribution >= 4 is 11.5 Å². The first-order chi connectivity index (χ1) is 7.72. The minimum Gasteiger partial charge on any atom is -0.397 e. The molecule has 1 aliphatic rings. The lowest BCUT2D eigenvalue weighted by atomic mass is 10.2. The monoisotopic (exact) mass is 218 g/mol. The quantitative estimate of drug-likeness (QED) is 0.793. The van der Waals surface area contributed by atoms with Crippen molar-refractivity contribution in [2.24, 2.45) is 0 Å². The highest BCUT2D eigenvalue weighted by Crippen LogP contribution is 2.22. The van der Waals surface area contributed by atoms with Crippen molar-refractivity contribution in [1.29, 1.82) is 5.26 Å². The van der Waals surface area contributed by atoms with Crippen LogP contribution in [-0.4, -0.2) is 31.3 Å². The van der Waals surface area contributed by atoms with Crippen molar-refractivity contribution in [3.63, 3.8) is 0 Å². The van der Waals surface area contributed by atoms with Crippen molar-refractivity contribution in [1.82, 2.24) is 4.98 Å². The van der Waals surface area contributed by atoms with Crippen LogP contribution in [0.3, 0.4) is 0 Å². The Morgan fingerprint density at radius 1 is 1.69 bits per heavy atom. The van der Waals surface area contributed by atoms with Gasteiger partial charge < -0.3 is 15.4 Å². The summed E-state index contributed by atoms with van der Waals surface area (Å²) < 4.78 is 5.32. The molecule has 0 bridgehead atoms. The molecular formula is C11H14N4O. The van der Waals surface area contributed by atoms with Gasteiger partial charge in [0.05, 0.1) is 30.1 Å². The zero-order valence-corrected chi connectivity index (χ0v) is 9.18. The van der Waals surface area contributed by atoms with Gasteiger partial charge in [0.1, 0.15) is 11.9 Å². The van der Waals surface area contributed by atoms with Crippen molar-refractivity contribution in [3.8, 4) is 6.07 Å². The minimum atomic E-state index is 0.295. The Hall–Kier alpha value is -1.80. The average molecular weight is 218 g/mol. The van der Waals surface area contributed by atoms with Gasteiger partial charge in [-0.2, -0.15) is 5.26 Å². The molecule has 1 atom stereocenters. The smallest absolute Gasteiger partial charge is 0.146 e. The Balaban J connectivity index is 2.28. The van der Waals surface area contributed by atoms with Crippen molar-refractivity contribution < 1.29 is 4.74 Å². The molecule has 16 heavy (non-hydrogen) atoms. The summed E-state index contributed by atoms with van der Waals surface area (Å²) in [5.41, 5.74) is 6.62. The largest absolute Gasteiger partial charge is 0.397 e. The summed E-state index contributed by atoms with van der Waals surface area (Å²) in [6, 6.07) is 4.06. The highest BCUT2D eigenvalue weighted by molar-refractivity contribution is 5.59. The van der Waals surface area contributed by atoms with Crippen LogP contribution in [0.4, 0.5) is 11.5 Å². The third kappa shape index (κ3) is 1.92. The number of anilines is 2. The number of pyridine rings is 1. The summed E-state index contributed by atoms with van der Waals surface area (Å²) in [5, 5.41) is 9.03. The maximum atomic E-state index is 9.03. The number of nitriles is 1. The number of hydrogen-bond donors (Lipinski definition) is 1. The lowest BCUT2D eigenvalue weighted by Gasteiger charge is -2.24. The zero-order valence-electron chi connectivity index (χ0n) is 9.18. The Labute approximate surface area is 94.4 Å². The maximum Gasteiger partial charge on any atom is 0.146 e. The van der Waals surface area contributed by atoms with Gasteiger partial charge in [-0.1, -0.05) is 0 Å². The second kappa shape index (κ2) is 4.37. The molecule has 1 aromatic rings. The third-order valence-electron chi connectivity index (χ3n) is 2.80. The molecule has 5 heteroatoms. The van der Waals surface area contributed by atoms with E-state index in [0.717, 1.165) is 13.0 Å². The molecule has 0 aromatic carbocycles. The second-order valence-corrected chi connectivity index (χ2v) is 3.88.